The number of benzene rings is 1. The summed E-state index contributed by atoms with van der Waals surface area (Å²) in [5, 5.41) is 0. The molecule has 1 aliphatic rings. The molecule has 0 radical (unpaired) electrons. The Labute approximate surface area is 161 Å². The van der Waals surface area contributed by atoms with E-state index in [-0.39, 0.29) is 5.91 Å². The summed E-state index contributed by atoms with van der Waals surface area (Å²) in [6, 6.07) is 10.1. The summed E-state index contributed by atoms with van der Waals surface area (Å²) < 4.78 is 10.8. The molecule has 1 aromatic heterocycles. The Hall–Kier alpha value is -2.27. The summed E-state index contributed by atoms with van der Waals surface area (Å²) in [5.74, 6) is 1.97. The van der Waals surface area contributed by atoms with Gasteiger partial charge in [-0.3, -0.25) is 4.79 Å². The minimum atomic E-state index is -0.0175. The van der Waals surface area contributed by atoms with Crippen LogP contribution in [0.1, 0.15) is 34.5 Å². The Kier molecular flexibility index (Phi) is 6.56. The highest BCUT2D eigenvalue weighted by molar-refractivity contribution is 5.92. The molecule has 1 aromatic carbocycles. The van der Waals surface area contributed by atoms with Crippen LogP contribution in [0, 0.1) is 12.8 Å². The van der Waals surface area contributed by atoms with Crippen LogP contribution >= 0.6 is 0 Å². The first kappa shape index (κ1) is 19.5. The summed E-state index contributed by atoms with van der Waals surface area (Å²) in [4.78, 5) is 16.8. The van der Waals surface area contributed by atoms with E-state index in [1.165, 1.54) is 5.56 Å². The van der Waals surface area contributed by atoms with Crippen LogP contribution < -0.4 is 4.74 Å². The van der Waals surface area contributed by atoms with Gasteiger partial charge in [-0.2, -0.15) is 0 Å². The lowest BCUT2D eigenvalue weighted by atomic mass is 9.95. The largest absolute Gasteiger partial charge is 0.496 e. The number of ether oxygens (including phenoxy) is 1. The fourth-order valence-electron chi connectivity index (χ4n) is 3.82. The predicted octanol–water partition coefficient (Wildman–Crippen LogP) is 3.62. The maximum absolute atomic E-state index is 12.5. The Bertz CT molecular complexity index is 748. The standard InChI is InChI=1S/C22H30N2O3/c1-17-11-15-27-21(17)22(25)23(2)16-18-8-12-24(13-9-18)14-10-19-6-4-5-7-20(19)26-3/h4-7,11,15,18H,8-10,12-14,16H2,1-3H3. The highest BCUT2D eigenvalue weighted by atomic mass is 16.5. The SMILES string of the molecule is COc1ccccc1CCN1CCC(CN(C)C(=O)c2occc2C)CC1. The van der Waals surface area contributed by atoms with Crippen molar-refractivity contribution in [2.45, 2.75) is 26.2 Å². The Morgan fingerprint density at radius 1 is 1.26 bits per heavy atom. The van der Waals surface area contributed by atoms with Crippen molar-refractivity contribution in [2.75, 3.05) is 40.3 Å². The van der Waals surface area contributed by atoms with Gasteiger partial charge in [-0.25, -0.2) is 0 Å². The van der Waals surface area contributed by atoms with Crippen molar-refractivity contribution in [1.82, 2.24) is 9.80 Å². The molecule has 1 aliphatic heterocycles. The van der Waals surface area contributed by atoms with Crippen molar-refractivity contribution in [3.05, 3.63) is 53.5 Å². The van der Waals surface area contributed by atoms with Gasteiger partial charge in [-0.05, 0) is 62.9 Å². The Balaban J connectivity index is 1.43. The average molecular weight is 370 g/mol. The van der Waals surface area contributed by atoms with Crippen LogP contribution in [0.25, 0.3) is 0 Å². The molecule has 5 heteroatoms. The summed E-state index contributed by atoms with van der Waals surface area (Å²) in [7, 11) is 3.60. The molecule has 0 atom stereocenters. The number of nitrogens with zero attached hydrogens (tertiary/aromatic N) is 2. The Morgan fingerprint density at radius 3 is 2.67 bits per heavy atom. The van der Waals surface area contributed by atoms with E-state index >= 15 is 0 Å². The number of hydrogen-bond acceptors (Lipinski definition) is 4. The molecular formula is C22H30N2O3. The lowest BCUT2D eigenvalue weighted by Gasteiger charge is -2.33. The first-order valence-electron chi connectivity index (χ1n) is 9.72. The van der Waals surface area contributed by atoms with Gasteiger partial charge in [0.25, 0.3) is 5.91 Å². The first-order chi connectivity index (χ1) is 13.1. The van der Waals surface area contributed by atoms with Crippen molar-refractivity contribution in [2.24, 2.45) is 5.92 Å². The normalized spacial score (nSPS) is 15.7. The minimum Gasteiger partial charge on any atom is -0.496 e. The van der Waals surface area contributed by atoms with Crippen molar-refractivity contribution < 1.29 is 13.9 Å². The zero-order valence-electron chi connectivity index (χ0n) is 16.6. The quantitative estimate of drug-likeness (QED) is 0.747. The smallest absolute Gasteiger partial charge is 0.289 e. The molecule has 5 nitrogen and oxygen atoms in total. The fraction of sp³-hybridized carbons (Fsp3) is 0.500. The van der Waals surface area contributed by atoms with Crippen LogP contribution in [0.3, 0.4) is 0 Å². The predicted molar refractivity (Wildman–Crippen MR) is 106 cm³/mol. The van der Waals surface area contributed by atoms with Gasteiger partial charge in [-0.1, -0.05) is 18.2 Å². The number of aryl methyl sites for hydroxylation is 1. The molecule has 0 spiro atoms. The van der Waals surface area contributed by atoms with Gasteiger partial charge in [0, 0.05) is 25.7 Å². The zero-order chi connectivity index (χ0) is 19.2. The highest BCUT2D eigenvalue weighted by Crippen LogP contribution is 2.22. The molecule has 2 aromatic rings. The average Bonchev–Trinajstić information content (AvgIpc) is 3.12. The number of hydrogen-bond donors (Lipinski definition) is 0. The summed E-state index contributed by atoms with van der Waals surface area (Å²) >= 11 is 0. The molecule has 0 N–H and O–H groups in total. The monoisotopic (exact) mass is 370 g/mol. The number of amides is 1. The molecular weight excluding hydrogens is 340 g/mol. The van der Waals surface area contributed by atoms with Gasteiger partial charge in [0.15, 0.2) is 5.76 Å². The van der Waals surface area contributed by atoms with Crippen molar-refractivity contribution in [3.8, 4) is 5.75 Å². The molecule has 1 amide bonds. The van der Waals surface area contributed by atoms with Gasteiger partial charge < -0.3 is 19.0 Å². The van der Waals surface area contributed by atoms with Crippen molar-refractivity contribution in [1.29, 1.82) is 0 Å². The van der Waals surface area contributed by atoms with Crippen LogP contribution in [0.15, 0.2) is 41.0 Å². The molecule has 1 saturated heterocycles. The van der Waals surface area contributed by atoms with E-state index in [1.54, 1.807) is 18.3 Å². The number of carbonyl (C=O) groups is 1. The second kappa shape index (κ2) is 9.09. The number of likely N-dealkylation sites (tertiary alicyclic amines) is 1. The maximum Gasteiger partial charge on any atom is 0.289 e. The van der Waals surface area contributed by atoms with Gasteiger partial charge >= 0.3 is 0 Å². The molecule has 0 unspecified atom stereocenters. The molecule has 0 saturated carbocycles. The highest BCUT2D eigenvalue weighted by Gasteiger charge is 2.24. The molecule has 1 fully saturated rings. The minimum absolute atomic E-state index is 0.0175. The van der Waals surface area contributed by atoms with Crippen molar-refractivity contribution in [3.63, 3.8) is 0 Å². The summed E-state index contributed by atoms with van der Waals surface area (Å²) in [5.41, 5.74) is 2.17. The number of carbonyl (C=O) groups excluding carboxylic acids is 1. The third-order valence-electron chi connectivity index (χ3n) is 5.53. The number of furan rings is 1. The van der Waals surface area contributed by atoms with Gasteiger partial charge in [0.2, 0.25) is 0 Å². The van der Waals surface area contributed by atoms with E-state index in [1.807, 2.05) is 32.2 Å². The number of methoxy groups -OCH3 is 1. The first-order valence-corrected chi connectivity index (χ1v) is 9.72. The fourth-order valence-corrected chi connectivity index (χ4v) is 3.82. The van der Waals surface area contributed by atoms with E-state index in [2.05, 4.69) is 17.0 Å². The summed E-state index contributed by atoms with van der Waals surface area (Å²) in [6.07, 6.45) is 4.84. The van der Waals surface area contributed by atoms with E-state index in [0.717, 1.165) is 56.8 Å². The second-order valence-electron chi connectivity index (χ2n) is 7.47. The number of para-hydroxylation sites is 1. The van der Waals surface area contributed by atoms with Crippen LogP contribution in [-0.2, 0) is 6.42 Å². The third-order valence-corrected chi connectivity index (χ3v) is 5.53. The molecule has 146 valence electrons. The zero-order valence-corrected chi connectivity index (χ0v) is 16.6. The van der Waals surface area contributed by atoms with Gasteiger partial charge in [0.05, 0.1) is 13.4 Å². The molecule has 0 bridgehead atoms. The van der Waals surface area contributed by atoms with Crippen LogP contribution in [0.5, 0.6) is 5.75 Å². The number of rotatable bonds is 7. The van der Waals surface area contributed by atoms with Gasteiger partial charge in [0.1, 0.15) is 5.75 Å². The molecule has 3 rings (SSSR count). The van der Waals surface area contributed by atoms with E-state index in [4.69, 9.17) is 9.15 Å². The number of piperidine rings is 1. The molecule has 0 aliphatic carbocycles. The topological polar surface area (TPSA) is 45.9 Å². The Morgan fingerprint density at radius 2 is 2.00 bits per heavy atom. The van der Waals surface area contributed by atoms with Crippen LogP contribution in [-0.4, -0.2) is 56.0 Å². The van der Waals surface area contributed by atoms with E-state index < -0.39 is 0 Å². The van der Waals surface area contributed by atoms with Crippen LogP contribution in [0.4, 0.5) is 0 Å². The van der Waals surface area contributed by atoms with E-state index in [0.29, 0.717) is 11.7 Å². The summed E-state index contributed by atoms with van der Waals surface area (Å²) in [6.45, 7) is 5.92. The van der Waals surface area contributed by atoms with Crippen LogP contribution in [0.2, 0.25) is 0 Å². The lowest BCUT2D eigenvalue weighted by molar-refractivity contribution is 0.0708. The molecule has 27 heavy (non-hydrogen) atoms. The second-order valence-corrected chi connectivity index (χ2v) is 7.47. The van der Waals surface area contributed by atoms with Crippen molar-refractivity contribution >= 4 is 5.91 Å². The van der Waals surface area contributed by atoms with E-state index in [9.17, 15) is 4.79 Å². The third kappa shape index (κ3) is 4.92. The van der Waals surface area contributed by atoms with Gasteiger partial charge in [-0.15, -0.1) is 0 Å². The lowest BCUT2D eigenvalue weighted by Crippen LogP contribution is -2.40. The maximum atomic E-state index is 12.5. The molecule has 2 heterocycles.